The van der Waals surface area contributed by atoms with Gasteiger partial charge in [-0.05, 0) is 33.1 Å². The van der Waals surface area contributed by atoms with Gasteiger partial charge in [0, 0.05) is 19.0 Å². The zero-order valence-electron chi connectivity index (χ0n) is 12.3. The van der Waals surface area contributed by atoms with Crippen LogP contribution in [0.1, 0.15) is 46.5 Å². The Balaban J connectivity index is 4.52. The molecule has 7 heteroatoms. The maximum atomic E-state index is 12.0. The second kappa shape index (κ2) is 9.17. The number of carbonyl (C=O) groups excluding carboxylic acids is 1. The molecule has 0 heterocycles. The summed E-state index contributed by atoms with van der Waals surface area (Å²) in [5, 5.41) is 20.0. The second-order valence-corrected chi connectivity index (χ2v) is 4.91. The molecule has 0 aliphatic heterocycles. The molecule has 0 rings (SSSR count). The molecular formula is C13H24N2O5. The molecular weight excluding hydrogens is 264 g/mol. The van der Waals surface area contributed by atoms with Crippen molar-refractivity contribution in [3.05, 3.63) is 0 Å². The van der Waals surface area contributed by atoms with Gasteiger partial charge < -0.3 is 20.4 Å². The van der Waals surface area contributed by atoms with Gasteiger partial charge in [-0.3, -0.25) is 4.79 Å². The number of carboxylic acids is 2. The standard InChI is InChI=1S/C13H24N2O5/c1-4-8-15(9(2)3)13(20)14-10(12(18)19)6-5-7-11(16)17/h9-10H,4-8H2,1-3H3,(H,14,20)(H,16,17)(H,18,19)/t10-/m1/s1. The summed E-state index contributed by atoms with van der Waals surface area (Å²) in [6.45, 7) is 6.19. The van der Waals surface area contributed by atoms with E-state index in [-0.39, 0.29) is 25.3 Å². The van der Waals surface area contributed by atoms with Crippen LogP contribution in [0.3, 0.4) is 0 Å². The molecule has 0 saturated heterocycles. The van der Waals surface area contributed by atoms with Crippen LogP contribution in [0.15, 0.2) is 0 Å². The Labute approximate surface area is 119 Å². The Morgan fingerprint density at radius 1 is 1.20 bits per heavy atom. The molecule has 1 atom stereocenters. The van der Waals surface area contributed by atoms with Crippen molar-refractivity contribution < 1.29 is 24.6 Å². The molecule has 0 unspecified atom stereocenters. The van der Waals surface area contributed by atoms with E-state index in [1.807, 2.05) is 20.8 Å². The van der Waals surface area contributed by atoms with Crippen LogP contribution in [0.4, 0.5) is 4.79 Å². The first-order valence-corrected chi connectivity index (χ1v) is 6.81. The van der Waals surface area contributed by atoms with Crippen molar-refractivity contribution in [1.82, 2.24) is 10.2 Å². The lowest BCUT2D eigenvalue weighted by atomic mass is 10.1. The van der Waals surface area contributed by atoms with Crippen LogP contribution in [0.25, 0.3) is 0 Å². The fraction of sp³-hybridized carbons (Fsp3) is 0.769. The first-order valence-electron chi connectivity index (χ1n) is 6.81. The van der Waals surface area contributed by atoms with Crippen LogP contribution in [-0.4, -0.2) is 51.7 Å². The number of carbonyl (C=O) groups is 3. The van der Waals surface area contributed by atoms with Gasteiger partial charge >= 0.3 is 18.0 Å². The molecule has 0 aromatic heterocycles. The summed E-state index contributed by atoms with van der Waals surface area (Å²) in [6.07, 6.45) is 0.984. The summed E-state index contributed by atoms with van der Waals surface area (Å²) in [4.78, 5) is 35.1. The fourth-order valence-electron chi connectivity index (χ4n) is 1.78. The predicted molar refractivity (Wildman–Crippen MR) is 73.6 cm³/mol. The van der Waals surface area contributed by atoms with Crippen molar-refractivity contribution in [2.75, 3.05) is 6.54 Å². The minimum Gasteiger partial charge on any atom is -0.481 e. The summed E-state index contributed by atoms with van der Waals surface area (Å²) in [6, 6.07) is -1.51. The SMILES string of the molecule is CCCN(C(=O)N[C@H](CCCC(=O)O)C(=O)O)C(C)C. The van der Waals surface area contributed by atoms with E-state index in [0.717, 1.165) is 6.42 Å². The number of nitrogens with one attached hydrogen (secondary N) is 1. The average Bonchev–Trinajstić information content (AvgIpc) is 2.33. The van der Waals surface area contributed by atoms with Gasteiger partial charge in [-0.1, -0.05) is 6.92 Å². The van der Waals surface area contributed by atoms with Crippen molar-refractivity contribution in [3.63, 3.8) is 0 Å². The second-order valence-electron chi connectivity index (χ2n) is 4.91. The first-order chi connectivity index (χ1) is 9.29. The lowest BCUT2D eigenvalue weighted by Crippen LogP contribution is -2.50. The molecule has 0 aromatic carbocycles. The minimum atomic E-state index is -1.15. The number of nitrogens with zero attached hydrogens (tertiary/aromatic N) is 1. The third kappa shape index (κ3) is 6.96. The van der Waals surface area contributed by atoms with Crippen molar-refractivity contribution >= 4 is 18.0 Å². The lowest BCUT2D eigenvalue weighted by Gasteiger charge is -2.28. The van der Waals surface area contributed by atoms with Crippen molar-refractivity contribution in [3.8, 4) is 0 Å². The van der Waals surface area contributed by atoms with E-state index in [0.29, 0.717) is 6.54 Å². The number of hydrogen-bond donors (Lipinski definition) is 3. The number of aliphatic carboxylic acids is 2. The Morgan fingerprint density at radius 2 is 1.80 bits per heavy atom. The van der Waals surface area contributed by atoms with E-state index < -0.39 is 24.0 Å². The van der Waals surface area contributed by atoms with Crippen molar-refractivity contribution in [2.45, 2.75) is 58.5 Å². The van der Waals surface area contributed by atoms with E-state index in [9.17, 15) is 14.4 Å². The zero-order valence-corrected chi connectivity index (χ0v) is 12.3. The van der Waals surface area contributed by atoms with Gasteiger partial charge in [0.25, 0.3) is 0 Å². The van der Waals surface area contributed by atoms with E-state index in [4.69, 9.17) is 10.2 Å². The normalized spacial score (nSPS) is 12.0. The van der Waals surface area contributed by atoms with Crippen LogP contribution >= 0.6 is 0 Å². The molecule has 3 N–H and O–H groups in total. The van der Waals surface area contributed by atoms with Crippen LogP contribution in [0.5, 0.6) is 0 Å². The number of carboxylic acid groups (broad SMARTS) is 2. The highest BCUT2D eigenvalue weighted by Crippen LogP contribution is 2.05. The largest absolute Gasteiger partial charge is 0.481 e. The quantitative estimate of drug-likeness (QED) is 0.596. The van der Waals surface area contributed by atoms with Gasteiger partial charge in [0.15, 0.2) is 0 Å². The van der Waals surface area contributed by atoms with Gasteiger partial charge in [0.2, 0.25) is 0 Å². The minimum absolute atomic E-state index is 0.0246. The predicted octanol–water partition coefficient (Wildman–Crippen LogP) is 1.52. The highest BCUT2D eigenvalue weighted by atomic mass is 16.4. The highest BCUT2D eigenvalue weighted by Gasteiger charge is 2.24. The van der Waals surface area contributed by atoms with Crippen molar-refractivity contribution in [1.29, 1.82) is 0 Å². The molecule has 0 radical (unpaired) electrons. The number of hydrogen-bond acceptors (Lipinski definition) is 3. The highest BCUT2D eigenvalue weighted by molar-refractivity contribution is 5.82. The van der Waals surface area contributed by atoms with Gasteiger partial charge in [-0.2, -0.15) is 0 Å². The topological polar surface area (TPSA) is 107 Å². The molecule has 2 amide bonds. The lowest BCUT2D eigenvalue weighted by molar-refractivity contribution is -0.140. The number of urea groups is 1. The monoisotopic (exact) mass is 288 g/mol. The molecule has 0 bridgehead atoms. The smallest absolute Gasteiger partial charge is 0.326 e. The summed E-state index contributed by atoms with van der Waals surface area (Å²) < 4.78 is 0. The molecule has 7 nitrogen and oxygen atoms in total. The average molecular weight is 288 g/mol. The molecule has 20 heavy (non-hydrogen) atoms. The van der Waals surface area contributed by atoms with Gasteiger partial charge in [0.05, 0.1) is 0 Å². The van der Waals surface area contributed by atoms with Crippen molar-refractivity contribution in [2.24, 2.45) is 0 Å². The molecule has 0 aliphatic carbocycles. The Hall–Kier alpha value is -1.79. The molecule has 0 aromatic rings. The van der Waals surface area contributed by atoms with E-state index in [1.165, 1.54) is 0 Å². The molecule has 116 valence electrons. The maximum absolute atomic E-state index is 12.0. The zero-order chi connectivity index (χ0) is 15.7. The van der Waals surface area contributed by atoms with Crippen LogP contribution in [0.2, 0.25) is 0 Å². The van der Waals surface area contributed by atoms with Crippen LogP contribution in [-0.2, 0) is 9.59 Å². The van der Waals surface area contributed by atoms with Crippen LogP contribution < -0.4 is 5.32 Å². The van der Waals surface area contributed by atoms with Gasteiger partial charge in [0.1, 0.15) is 6.04 Å². The summed E-state index contributed by atoms with van der Waals surface area (Å²) >= 11 is 0. The van der Waals surface area contributed by atoms with E-state index in [2.05, 4.69) is 5.32 Å². The summed E-state index contributed by atoms with van der Waals surface area (Å²) in [5.41, 5.74) is 0. The summed E-state index contributed by atoms with van der Waals surface area (Å²) in [7, 11) is 0. The molecule has 0 saturated carbocycles. The molecule has 0 fully saturated rings. The third-order valence-electron chi connectivity index (χ3n) is 2.83. The molecule has 0 spiro atoms. The summed E-state index contributed by atoms with van der Waals surface area (Å²) in [5.74, 6) is -2.13. The number of rotatable bonds is 9. The Kier molecular flexibility index (Phi) is 8.35. The Morgan fingerprint density at radius 3 is 2.20 bits per heavy atom. The fourth-order valence-corrected chi connectivity index (χ4v) is 1.78. The van der Waals surface area contributed by atoms with Gasteiger partial charge in [-0.25, -0.2) is 9.59 Å². The number of amides is 2. The van der Waals surface area contributed by atoms with E-state index in [1.54, 1.807) is 4.90 Å². The first kappa shape index (κ1) is 18.2. The third-order valence-corrected chi connectivity index (χ3v) is 2.83. The molecule has 0 aliphatic rings. The van der Waals surface area contributed by atoms with Crippen LogP contribution in [0, 0.1) is 0 Å². The van der Waals surface area contributed by atoms with Gasteiger partial charge in [-0.15, -0.1) is 0 Å². The Bertz CT molecular complexity index is 344. The van der Waals surface area contributed by atoms with E-state index >= 15 is 0 Å². The maximum Gasteiger partial charge on any atom is 0.326 e.